The first-order valence-electron chi connectivity index (χ1n) is 11.0. The van der Waals surface area contributed by atoms with Crippen LogP contribution in [0, 0.1) is 6.92 Å². The number of carbonyl (C=O) groups is 1. The Morgan fingerprint density at radius 3 is 2.56 bits per heavy atom. The number of amides is 1. The number of aryl methyl sites for hydroxylation is 2. The molecule has 0 aromatic carbocycles. The number of aromatic nitrogens is 6. The Morgan fingerprint density at radius 2 is 1.94 bits per heavy atom. The molecule has 2 N–H and O–H groups in total. The Bertz CT molecular complexity index is 1140. The van der Waals surface area contributed by atoms with Crippen molar-refractivity contribution in [2.45, 2.75) is 59.0 Å². The third-order valence-corrected chi connectivity index (χ3v) is 5.92. The number of fused-ring (bicyclic) bond motifs is 1. The third kappa shape index (κ3) is 3.79. The number of carbonyl (C=O) groups excluding carboxylic acids is 1. The van der Waals surface area contributed by atoms with Crippen LogP contribution in [0.15, 0.2) is 12.4 Å². The van der Waals surface area contributed by atoms with Gasteiger partial charge in [0.25, 0.3) is 0 Å². The molecule has 1 aliphatic heterocycles. The molecule has 4 rings (SSSR count). The summed E-state index contributed by atoms with van der Waals surface area (Å²) in [6, 6.07) is 0. The van der Waals surface area contributed by atoms with Gasteiger partial charge in [0.2, 0.25) is 5.91 Å². The van der Waals surface area contributed by atoms with Crippen molar-refractivity contribution < 1.29 is 9.53 Å². The Hall–Kier alpha value is -3.14. The van der Waals surface area contributed by atoms with Gasteiger partial charge in [-0.25, -0.2) is 24.9 Å². The molecule has 1 aliphatic rings. The number of rotatable bonds is 5. The number of anilines is 1. The van der Waals surface area contributed by atoms with Gasteiger partial charge in [-0.1, -0.05) is 6.92 Å². The van der Waals surface area contributed by atoms with E-state index in [2.05, 4.69) is 19.9 Å². The first-order valence-corrected chi connectivity index (χ1v) is 11.0. The summed E-state index contributed by atoms with van der Waals surface area (Å²) in [5, 5.41) is 0. The first kappa shape index (κ1) is 22.1. The maximum atomic E-state index is 13.5. The number of imidazole rings is 1. The lowest BCUT2D eigenvalue weighted by atomic mass is 9.96. The fraction of sp³-hybridized carbons (Fsp3) is 0.545. The van der Waals surface area contributed by atoms with Gasteiger partial charge in [-0.2, -0.15) is 0 Å². The second kappa shape index (κ2) is 8.42. The van der Waals surface area contributed by atoms with Gasteiger partial charge in [-0.05, 0) is 34.1 Å². The van der Waals surface area contributed by atoms with E-state index < -0.39 is 5.92 Å². The molecule has 32 heavy (non-hydrogen) atoms. The van der Waals surface area contributed by atoms with Gasteiger partial charge in [0.1, 0.15) is 17.5 Å². The Morgan fingerprint density at radius 1 is 1.22 bits per heavy atom. The van der Waals surface area contributed by atoms with Gasteiger partial charge >= 0.3 is 0 Å². The van der Waals surface area contributed by atoms with E-state index in [0.29, 0.717) is 61.4 Å². The van der Waals surface area contributed by atoms with E-state index in [4.69, 9.17) is 15.5 Å². The summed E-state index contributed by atoms with van der Waals surface area (Å²) in [6.45, 7) is 12.0. The topological polar surface area (TPSA) is 125 Å². The van der Waals surface area contributed by atoms with Crippen LogP contribution < -0.4 is 5.73 Å². The number of ether oxygens (including phenoxy) is 1. The summed E-state index contributed by atoms with van der Waals surface area (Å²) < 4.78 is 7.54. The molecule has 0 saturated carbocycles. The summed E-state index contributed by atoms with van der Waals surface area (Å²) in [5.41, 5.74) is 7.83. The van der Waals surface area contributed by atoms with Crippen molar-refractivity contribution in [2.75, 3.05) is 25.5 Å². The van der Waals surface area contributed by atoms with E-state index >= 15 is 0 Å². The summed E-state index contributed by atoms with van der Waals surface area (Å²) in [6.07, 6.45) is 4.04. The highest BCUT2D eigenvalue weighted by Crippen LogP contribution is 2.30. The first-order chi connectivity index (χ1) is 15.3. The van der Waals surface area contributed by atoms with E-state index in [1.54, 1.807) is 12.4 Å². The van der Waals surface area contributed by atoms with Crippen LogP contribution in [0.4, 0.5) is 5.82 Å². The van der Waals surface area contributed by atoms with Gasteiger partial charge in [0.05, 0.1) is 30.2 Å². The molecule has 10 nitrogen and oxygen atoms in total. The lowest BCUT2D eigenvalue weighted by molar-refractivity contribution is -0.148. The predicted molar refractivity (Wildman–Crippen MR) is 121 cm³/mol. The molecule has 1 amide bonds. The SMILES string of the molecule is CC[C@H](C(=O)N1CCOCC1(C)C)c1nc(N)c2nc(-c3cnc(C)nc3)n(CC)c2n1. The molecule has 0 bridgehead atoms. The molecule has 3 aromatic heterocycles. The number of hydrogen-bond acceptors (Lipinski definition) is 8. The van der Waals surface area contributed by atoms with Crippen molar-refractivity contribution in [3.8, 4) is 11.4 Å². The van der Waals surface area contributed by atoms with E-state index in [-0.39, 0.29) is 17.3 Å². The van der Waals surface area contributed by atoms with E-state index in [9.17, 15) is 4.79 Å². The quantitative estimate of drug-likeness (QED) is 0.643. The van der Waals surface area contributed by atoms with Crippen LogP contribution in [0.3, 0.4) is 0 Å². The van der Waals surface area contributed by atoms with Crippen molar-refractivity contribution in [3.05, 3.63) is 24.0 Å². The zero-order valence-electron chi connectivity index (χ0n) is 19.3. The van der Waals surface area contributed by atoms with Crippen molar-refractivity contribution in [2.24, 2.45) is 0 Å². The zero-order valence-corrected chi connectivity index (χ0v) is 19.3. The molecule has 0 spiro atoms. The largest absolute Gasteiger partial charge is 0.382 e. The lowest BCUT2D eigenvalue weighted by Gasteiger charge is -2.43. The highest BCUT2D eigenvalue weighted by atomic mass is 16.5. The Labute approximate surface area is 187 Å². The average molecular weight is 439 g/mol. The zero-order chi connectivity index (χ0) is 23.0. The summed E-state index contributed by atoms with van der Waals surface area (Å²) in [4.78, 5) is 37.9. The van der Waals surface area contributed by atoms with Gasteiger partial charge in [-0.15, -0.1) is 0 Å². The van der Waals surface area contributed by atoms with Crippen LogP contribution in [0.1, 0.15) is 51.7 Å². The third-order valence-electron chi connectivity index (χ3n) is 5.92. The monoisotopic (exact) mass is 438 g/mol. The van der Waals surface area contributed by atoms with Gasteiger partial charge in [0, 0.05) is 25.5 Å². The predicted octanol–water partition coefficient (Wildman–Crippen LogP) is 2.32. The molecule has 0 aliphatic carbocycles. The molecule has 1 fully saturated rings. The van der Waals surface area contributed by atoms with E-state index in [1.165, 1.54) is 0 Å². The summed E-state index contributed by atoms with van der Waals surface area (Å²) >= 11 is 0. The standard InChI is InChI=1S/C22H30N8O2/c1-6-15(21(31)30-8-9-32-12-22(30,4)5)18-27-17(23)16-20(28-18)29(7-2)19(26-16)14-10-24-13(3)25-11-14/h10-11,15H,6-9,12H2,1-5H3,(H2,23,27,28)/t15-/m0/s1. The van der Waals surface area contributed by atoms with Crippen molar-refractivity contribution >= 4 is 22.9 Å². The number of hydrogen-bond donors (Lipinski definition) is 1. The van der Waals surface area contributed by atoms with Gasteiger partial charge in [-0.3, -0.25) is 4.79 Å². The van der Waals surface area contributed by atoms with Crippen LogP contribution in [0.25, 0.3) is 22.6 Å². The Kier molecular flexibility index (Phi) is 5.81. The fourth-order valence-corrected chi connectivity index (χ4v) is 4.15. The number of nitrogen functional groups attached to an aromatic ring is 1. The van der Waals surface area contributed by atoms with Crippen molar-refractivity contribution in [3.63, 3.8) is 0 Å². The molecule has 3 aromatic rings. The molecule has 1 atom stereocenters. The summed E-state index contributed by atoms with van der Waals surface area (Å²) in [5.74, 6) is 1.55. The van der Waals surface area contributed by atoms with Gasteiger partial charge in [0.15, 0.2) is 17.0 Å². The van der Waals surface area contributed by atoms with Crippen LogP contribution in [0.2, 0.25) is 0 Å². The van der Waals surface area contributed by atoms with E-state index in [0.717, 1.165) is 5.56 Å². The average Bonchev–Trinajstić information content (AvgIpc) is 3.13. The summed E-state index contributed by atoms with van der Waals surface area (Å²) in [7, 11) is 0. The molecule has 0 unspecified atom stereocenters. The van der Waals surface area contributed by atoms with Crippen LogP contribution in [-0.4, -0.2) is 65.6 Å². The van der Waals surface area contributed by atoms with Crippen molar-refractivity contribution in [1.82, 2.24) is 34.4 Å². The second-order valence-electron chi connectivity index (χ2n) is 8.65. The number of nitrogens with two attached hydrogens (primary N) is 1. The molecular weight excluding hydrogens is 408 g/mol. The van der Waals surface area contributed by atoms with Crippen LogP contribution in [-0.2, 0) is 16.1 Å². The molecule has 170 valence electrons. The molecule has 4 heterocycles. The number of morpholine rings is 1. The number of nitrogens with zero attached hydrogens (tertiary/aromatic N) is 7. The van der Waals surface area contributed by atoms with Gasteiger partial charge < -0.3 is 19.9 Å². The maximum absolute atomic E-state index is 13.5. The molecular formula is C22H30N8O2. The highest BCUT2D eigenvalue weighted by molar-refractivity contribution is 5.88. The second-order valence-corrected chi connectivity index (χ2v) is 8.65. The molecule has 1 saturated heterocycles. The molecule has 10 heteroatoms. The lowest BCUT2D eigenvalue weighted by Crippen LogP contribution is -2.56. The van der Waals surface area contributed by atoms with Crippen LogP contribution in [0.5, 0.6) is 0 Å². The normalized spacial score (nSPS) is 17.0. The minimum Gasteiger partial charge on any atom is -0.382 e. The minimum absolute atomic E-state index is 0.00530. The van der Waals surface area contributed by atoms with E-state index in [1.807, 2.05) is 44.1 Å². The highest BCUT2D eigenvalue weighted by Gasteiger charge is 2.38. The smallest absolute Gasteiger partial charge is 0.233 e. The van der Waals surface area contributed by atoms with Crippen molar-refractivity contribution in [1.29, 1.82) is 0 Å². The maximum Gasteiger partial charge on any atom is 0.233 e. The Balaban J connectivity index is 1.79. The fourth-order valence-electron chi connectivity index (χ4n) is 4.15. The minimum atomic E-state index is -0.495. The molecule has 0 radical (unpaired) electrons. The van der Waals surface area contributed by atoms with Crippen LogP contribution >= 0.6 is 0 Å².